The van der Waals surface area contributed by atoms with Crippen LogP contribution in [0.1, 0.15) is 155 Å². The zero-order chi connectivity index (χ0) is 31.7. The van der Waals surface area contributed by atoms with E-state index in [1.165, 1.54) is 49.7 Å². The van der Waals surface area contributed by atoms with Crippen molar-refractivity contribution in [2.45, 2.75) is 165 Å². The summed E-state index contributed by atoms with van der Waals surface area (Å²) >= 11 is 4.09. The fraction of sp³-hybridized carbons (Fsp3) is 0.684. The van der Waals surface area contributed by atoms with Crippen LogP contribution in [-0.2, 0) is 33.2 Å². The Kier molecular flexibility index (Phi) is 11.2. The summed E-state index contributed by atoms with van der Waals surface area (Å²) in [6.07, 6.45) is 7.61. The molecule has 0 bridgehead atoms. The van der Waals surface area contributed by atoms with Crippen LogP contribution >= 0.6 is 23.5 Å². The van der Waals surface area contributed by atoms with Gasteiger partial charge in [-0.2, -0.15) is 23.5 Å². The van der Waals surface area contributed by atoms with Gasteiger partial charge in [0.1, 0.15) is 11.5 Å². The van der Waals surface area contributed by atoms with Crippen molar-refractivity contribution in [3.8, 4) is 11.5 Å². The maximum absolute atomic E-state index is 11.4. The summed E-state index contributed by atoms with van der Waals surface area (Å²) in [5.74, 6) is 2.63. The monoisotopic (exact) mass is 612 g/mol. The summed E-state index contributed by atoms with van der Waals surface area (Å²) in [6.45, 7) is 26.8. The standard InChI is InChI=1S/C38H60O2S2/c1-35(2,3)27-19-25(33(39)29(21-27)37(7,8)9)23-41-31-17-15-13-14-16-18-32(31)42-24-26-20-28(36(4,5)6)22-30(34(26)40)38(10,11)12/h19-22,31-32,39-40H,13-18,23-24H2,1-12H3/t31-,32-/m1/s1. The van der Waals surface area contributed by atoms with E-state index in [1.54, 1.807) is 0 Å². The van der Waals surface area contributed by atoms with Gasteiger partial charge in [-0.25, -0.2) is 0 Å². The average molecular weight is 613 g/mol. The van der Waals surface area contributed by atoms with E-state index in [1.807, 2.05) is 23.5 Å². The first kappa shape index (κ1) is 35.2. The number of aromatic hydroxyl groups is 2. The molecule has 4 heteroatoms. The highest BCUT2D eigenvalue weighted by molar-refractivity contribution is 8.03. The lowest BCUT2D eigenvalue weighted by Gasteiger charge is -2.31. The molecule has 0 aliphatic heterocycles. The number of phenols is 2. The maximum atomic E-state index is 11.4. The minimum atomic E-state index is -0.112. The Morgan fingerprint density at radius 2 is 0.857 bits per heavy atom. The van der Waals surface area contributed by atoms with Gasteiger partial charge in [-0.15, -0.1) is 0 Å². The van der Waals surface area contributed by atoms with Crippen molar-refractivity contribution in [2.75, 3.05) is 0 Å². The highest BCUT2D eigenvalue weighted by Crippen LogP contribution is 2.44. The molecule has 2 N–H and O–H groups in total. The van der Waals surface area contributed by atoms with Crippen LogP contribution in [-0.4, -0.2) is 20.7 Å². The first-order chi connectivity index (χ1) is 19.2. The molecule has 42 heavy (non-hydrogen) atoms. The molecule has 1 aliphatic rings. The molecule has 236 valence electrons. The van der Waals surface area contributed by atoms with Crippen LogP contribution in [0.3, 0.4) is 0 Å². The molecule has 2 atom stereocenters. The van der Waals surface area contributed by atoms with Crippen LogP contribution in [0.4, 0.5) is 0 Å². The molecule has 2 aromatic rings. The highest BCUT2D eigenvalue weighted by atomic mass is 32.2. The van der Waals surface area contributed by atoms with Crippen molar-refractivity contribution >= 4 is 23.5 Å². The van der Waals surface area contributed by atoms with E-state index in [4.69, 9.17) is 0 Å². The molecule has 0 radical (unpaired) electrons. The molecule has 0 aromatic heterocycles. The maximum Gasteiger partial charge on any atom is 0.123 e. The smallest absolute Gasteiger partial charge is 0.123 e. The SMILES string of the molecule is CC(C)(C)c1cc(CS[C@@H]2CCCCCC[C@H]2SCc2cc(C(C)(C)C)cc(C(C)(C)C)c2O)c(O)c(C(C)(C)C)c1. The molecule has 0 amide bonds. The van der Waals surface area contributed by atoms with Gasteiger partial charge in [-0.05, 0) is 56.8 Å². The summed E-state index contributed by atoms with van der Waals surface area (Å²) in [5, 5.41) is 23.9. The largest absolute Gasteiger partial charge is 0.507 e. The van der Waals surface area contributed by atoms with Crippen LogP contribution in [0.2, 0.25) is 0 Å². The fourth-order valence-corrected chi connectivity index (χ4v) is 8.88. The highest BCUT2D eigenvalue weighted by Gasteiger charge is 2.29. The van der Waals surface area contributed by atoms with Gasteiger partial charge in [0.15, 0.2) is 0 Å². The third-order valence-corrected chi connectivity index (χ3v) is 11.9. The van der Waals surface area contributed by atoms with Crippen molar-refractivity contribution in [2.24, 2.45) is 0 Å². The van der Waals surface area contributed by atoms with Crippen LogP contribution in [0.15, 0.2) is 24.3 Å². The van der Waals surface area contributed by atoms with Crippen molar-refractivity contribution in [1.29, 1.82) is 0 Å². The van der Waals surface area contributed by atoms with Crippen LogP contribution in [0.25, 0.3) is 0 Å². The summed E-state index contributed by atoms with van der Waals surface area (Å²) in [6, 6.07) is 8.96. The summed E-state index contributed by atoms with van der Waals surface area (Å²) in [4.78, 5) is 0. The van der Waals surface area contributed by atoms with E-state index < -0.39 is 0 Å². The Morgan fingerprint density at radius 1 is 0.524 bits per heavy atom. The van der Waals surface area contributed by atoms with Crippen LogP contribution in [0, 0.1) is 0 Å². The number of phenolic OH excluding ortho intramolecular Hbond substituents is 2. The average Bonchev–Trinajstić information content (AvgIpc) is 2.81. The molecular formula is C38H60O2S2. The van der Waals surface area contributed by atoms with Crippen molar-refractivity contribution in [1.82, 2.24) is 0 Å². The lowest BCUT2D eigenvalue weighted by molar-refractivity contribution is 0.439. The first-order valence-corrected chi connectivity index (χ1v) is 18.3. The van der Waals surface area contributed by atoms with Gasteiger partial charge in [0.25, 0.3) is 0 Å². The summed E-state index contributed by atoms with van der Waals surface area (Å²) in [5.41, 5.74) is 6.69. The molecule has 2 aromatic carbocycles. The second kappa shape index (κ2) is 13.4. The Balaban J connectivity index is 1.89. The minimum Gasteiger partial charge on any atom is -0.507 e. The number of rotatable bonds is 6. The summed E-state index contributed by atoms with van der Waals surface area (Å²) < 4.78 is 0. The molecule has 0 heterocycles. The first-order valence-electron chi connectivity index (χ1n) is 16.2. The molecule has 0 unspecified atom stereocenters. The second-order valence-corrected chi connectivity index (χ2v) is 19.2. The Morgan fingerprint density at radius 3 is 1.14 bits per heavy atom. The molecule has 1 fully saturated rings. The quantitative estimate of drug-likeness (QED) is 0.340. The lowest BCUT2D eigenvalue weighted by atomic mass is 9.79. The topological polar surface area (TPSA) is 40.5 Å². The van der Waals surface area contributed by atoms with Gasteiger partial charge >= 0.3 is 0 Å². The molecule has 3 rings (SSSR count). The van der Waals surface area contributed by atoms with E-state index in [2.05, 4.69) is 107 Å². The van der Waals surface area contributed by atoms with E-state index >= 15 is 0 Å². The van der Waals surface area contributed by atoms with Gasteiger partial charge < -0.3 is 10.2 Å². The Bertz CT molecular complexity index is 1110. The number of hydrogen-bond donors (Lipinski definition) is 2. The van der Waals surface area contributed by atoms with E-state index in [0.717, 1.165) is 33.8 Å². The Labute approximate surface area is 267 Å². The predicted molar refractivity (Wildman–Crippen MR) is 189 cm³/mol. The molecule has 2 nitrogen and oxygen atoms in total. The molecule has 0 spiro atoms. The van der Waals surface area contributed by atoms with Crippen LogP contribution < -0.4 is 0 Å². The third kappa shape index (κ3) is 9.13. The zero-order valence-electron chi connectivity index (χ0n) is 28.8. The second-order valence-electron chi connectivity index (χ2n) is 16.8. The predicted octanol–water partition coefficient (Wildman–Crippen LogP) is 11.5. The van der Waals surface area contributed by atoms with Gasteiger partial charge in [0, 0.05) is 33.1 Å². The van der Waals surface area contributed by atoms with E-state index in [-0.39, 0.29) is 21.7 Å². The lowest BCUT2D eigenvalue weighted by Crippen LogP contribution is -2.23. The van der Waals surface area contributed by atoms with Crippen molar-refractivity contribution in [3.05, 3.63) is 57.6 Å². The van der Waals surface area contributed by atoms with Crippen molar-refractivity contribution in [3.63, 3.8) is 0 Å². The third-order valence-electron chi connectivity index (χ3n) is 8.77. The van der Waals surface area contributed by atoms with Crippen LogP contribution in [0.5, 0.6) is 11.5 Å². The molecule has 1 aliphatic carbocycles. The van der Waals surface area contributed by atoms with E-state index in [9.17, 15) is 10.2 Å². The summed E-state index contributed by atoms with van der Waals surface area (Å²) in [7, 11) is 0. The number of hydrogen-bond acceptors (Lipinski definition) is 4. The molecule has 1 saturated carbocycles. The zero-order valence-corrected chi connectivity index (χ0v) is 30.5. The van der Waals surface area contributed by atoms with E-state index in [0.29, 0.717) is 22.0 Å². The van der Waals surface area contributed by atoms with Gasteiger partial charge in [-0.1, -0.05) is 133 Å². The number of benzene rings is 2. The minimum absolute atomic E-state index is 0.0290. The normalized spacial score (nSPS) is 19.4. The van der Waals surface area contributed by atoms with Gasteiger partial charge in [-0.3, -0.25) is 0 Å². The molecule has 0 saturated heterocycles. The number of thioether (sulfide) groups is 2. The van der Waals surface area contributed by atoms with Gasteiger partial charge in [0.2, 0.25) is 0 Å². The van der Waals surface area contributed by atoms with Gasteiger partial charge in [0.05, 0.1) is 0 Å². The molecular weight excluding hydrogens is 553 g/mol. The van der Waals surface area contributed by atoms with Crippen molar-refractivity contribution < 1.29 is 10.2 Å². The Hall–Kier alpha value is -1.26. The fourth-order valence-electron chi connectivity index (χ4n) is 5.81.